The highest BCUT2D eigenvalue weighted by atomic mass is 16.5. The fourth-order valence-electron chi connectivity index (χ4n) is 4.87. The number of ether oxygens (including phenoxy) is 2. The van der Waals surface area contributed by atoms with Crippen molar-refractivity contribution < 1.29 is 14.3 Å². The second-order valence-corrected chi connectivity index (χ2v) is 8.21. The molecule has 0 aliphatic carbocycles. The van der Waals surface area contributed by atoms with Crippen LogP contribution in [0.5, 0.6) is 11.5 Å². The van der Waals surface area contributed by atoms with E-state index in [4.69, 9.17) is 9.47 Å². The molecule has 162 valence electrons. The lowest BCUT2D eigenvalue weighted by Crippen LogP contribution is -2.51. The molecule has 1 amide bonds. The van der Waals surface area contributed by atoms with Gasteiger partial charge in [-0.15, -0.1) is 0 Å². The first-order chi connectivity index (χ1) is 14.6. The van der Waals surface area contributed by atoms with Crippen molar-refractivity contribution in [2.45, 2.75) is 44.7 Å². The van der Waals surface area contributed by atoms with Gasteiger partial charge in [0.1, 0.15) is 6.54 Å². The molecular weight excluding hydrogens is 384 g/mol. The van der Waals surface area contributed by atoms with Crippen LogP contribution in [0, 0.1) is 5.92 Å². The maximum atomic E-state index is 12.9. The zero-order valence-corrected chi connectivity index (χ0v) is 17.7. The molecule has 0 saturated carbocycles. The topological polar surface area (TPSA) is 85.7 Å². The van der Waals surface area contributed by atoms with Crippen molar-refractivity contribution in [1.82, 2.24) is 19.8 Å². The number of benzene rings is 1. The molecule has 1 aromatic carbocycles. The number of carbonyl (C=O) groups excluding carboxylic acids is 1. The first-order valence-electron chi connectivity index (χ1n) is 10.7. The van der Waals surface area contributed by atoms with Crippen molar-refractivity contribution in [2.75, 3.05) is 33.9 Å². The van der Waals surface area contributed by atoms with E-state index in [2.05, 4.69) is 15.2 Å². The van der Waals surface area contributed by atoms with Crippen LogP contribution in [0.15, 0.2) is 23.3 Å². The van der Waals surface area contributed by atoms with E-state index in [1.807, 2.05) is 0 Å². The molecule has 2 aliphatic heterocycles. The number of nitrogens with zero attached hydrogens (tertiary/aromatic N) is 3. The van der Waals surface area contributed by atoms with Crippen LogP contribution in [0.4, 0.5) is 0 Å². The number of amides is 1. The fourth-order valence-corrected chi connectivity index (χ4v) is 4.87. The molecule has 30 heavy (non-hydrogen) atoms. The molecule has 4 rings (SSSR count). The normalized spacial score (nSPS) is 21.8. The molecule has 0 unspecified atom stereocenters. The van der Waals surface area contributed by atoms with E-state index < -0.39 is 0 Å². The molecule has 3 heterocycles. The third kappa shape index (κ3) is 4.14. The molecular formula is C22H30N4O4. The SMILES string of the molecule is COc1cc2ncn(CC(=O)NC[C@@H]3CCCN4CCCC[C@H]34)c(=O)c2cc1OC. The highest BCUT2D eigenvalue weighted by Gasteiger charge is 2.32. The predicted molar refractivity (Wildman–Crippen MR) is 114 cm³/mol. The Morgan fingerprint density at radius 3 is 2.70 bits per heavy atom. The third-order valence-electron chi connectivity index (χ3n) is 6.43. The van der Waals surface area contributed by atoms with Crippen LogP contribution in [-0.4, -0.2) is 60.3 Å². The molecule has 2 atom stereocenters. The van der Waals surface area contributed by atoms with E-state index in [0.29, 0.717) is 40.9 Å². The van der Waals surface area contributed by atoms with Gasteiger partial charge in [-0.05, 0) is 50.8 Å². The van der Waals surface area contributed by atoms with Gasteiger partial charge in [0.05, 0.1) is 31.4 Å². The van der Waals surface area contributed by atoms with Crippen LogP contribution in [0.1, 0.15) is 32.1 Å². The van der Waals surface area contributed by atoms with Gasteiger partial charge in [-0.3, -0.25) is 14.2 Å². The Bertz CT molecular complexity index is 971. The van der Waals surface area contributed by atoms with Crippen molar-refractivity contribution >= 4 is 16.8 Å². The number of carbonyl (C=O) groups is 1. The zero-order valence-electron chi connectivity index (χ0n) is 17.7. The van der Waals surface area contributed by atoms with Gasteiger partial charge in [-0.25, -0.2) is 4.98 Å². The van der Waals surface area contributed by atoms with Crippen LogP contribution < -0.4 is 20.3 Å². The Labute approximate surface area is 176 Å². The third-order valence-corrected chi connectivity index (χ3v) is 6.43. The Balaban J connectivity index is 1.44. The number of methoxy groups -OCH3 is 2. The molecule has 0 bridgehead atoms. The molecule has 1 N–H and O–H groups in total. The number of nitrogens with one attached hydrogen (secondary N) is 1. The van der Waals surface area contributed by atoms with Gasteiger partial charge >= 0.3 is 0 Å². The molecule has 8 nitrogen and oxygen atoms in total. The van der Waals surface area contributed by atoms with Gasteiger partial charge in [0, 0.05) is 18.7 Å². The second kappa shape index (κ2) is 9.04. The van der Waals surface area contributed by atoms with Gasteiger partial charge < -0.3 is 19.7 Å². The summed E-state index contributed by atoms with van der Waals surface area (Å²) in [5, 5.41) is 3.45. The molecule has 2 aromatic rings. The van der Waals surface area contributed by atoms with Crippen LogP contribution in [0.25, 0.3) is 10.9 Å². The smallest absolute Gasteiger partial charge is 0.261 e. The van der Waals surface area contributed by atoms with Gasteiger partial charge in [-0.2, -0.15) is 0 Å². The van der Waals surface area contributed by atoms with E-state index in [-0.39, 0.29) is 18.0 Å². The molecule has 2 aliphatic rings. The Hall–Kier alpha value is -2.61. The van der Waals surface area contributed by atoms with E-state index in [1.165, 1.54) is 63.9 Å². The molecule has 2 fully saturated rings. The number of fused-ring (bicyclic) bond motifs is 2. The van der Waals surface area contributed by atoms with Gasteiger partial charge in [0.2, 0.25) is 5.91 Å². The minimum absolute atomic E-state index is 0.0444. The standard InChI is InChI=1S/C22H30N4O4/c1-29-19-10-16-17(11-20(19)30-2)24-14-26(22(16)28)13-21(27)23-12-15-6-5-9-25-8-4-3-7-18(15)25/h10-11,14-15,18H,3-9,12-13H2,1-2H3,(H,23,27)/t15-,18+/m0/s1. The number of piperidine rings is 2. The minimum atomic E-state index is -0.271. The van der Waals surface area contributed by atoms with Crippen LogP contribution in [-0.2, 0) is 11.3 Å². The Morgan fingerprint density at radius 1 is 1.13 bits per heavy atom. The molecule has 8 heteroatoms. The van der Waals surface area contributed by atoms with Gasteiger partial charge in [-0.1, -0.05) is 6.42 Å². The van der Waals surface area contributed by atoms with E-state index >= 15 is 0 Å². The van der Waals surface area contributed by atoms with Crippen LogP contribution in [0.2, 0.25) is 0 Å². The highest BCUT2D eigenvalue weighted by Crippen LogP contribution is 2.31. The molecule has 2 saturated heterocycles. The van der Waals surface area contributed by atoms with Gasteiger partial charge in [0.25, 0.3) is 5.56 Å². The molecule has 0 spiro atoms. The summed E-state index contributed by atoms with van der Waals surface area (Å²) in [5.74, 6) is 1.30. The van der Waals surface area contributed by atoms with Crippen molar-refractivity contribution in [3.05, 3.63) is 28.8 Å². The zero-order chi connectivity index (χ0) is 21.1. The predicted octanol–water partition coefficient (Wildman–Crippen LogP) is 1.79. The average Bonchev–Trinajstić information content (AvgIpc) is 2.78. The van der Waals surface area contributed by atoms with Crippen molar-refractivity contribution in [1.29, 1.82) is 0 Å². The minimum Gasteiger partial charge on any atom is -0.493 e. The number of rotatable bonds is 6. The van der Waals surface area contributed by atoms with Crippen molar-refractivity contribution in [3.63, 3.8) is 0 Å². The summed E-state index contributed by atoms with van der Waals surface area (Å²) in [4.78, 5) is 32.3. The summed E-state index contributed by atoms with van der Waals surface area (Å²) < 4.78 is 11.9. The Kier molecular flexibility index (Phi) is 6.22. The van der Waals surface area contributed by atoms with Crippen molar-refractivity contribution in [3.8, 4) is 11.5 Å². The fraction of sp³-hybridized carbons (Fsp3) is 0.591. The maximum Gasteiger partial charge on any atom is 0.261 e. The quantitative estimate of drug-likeness (QED) is 0.776. The highest BCUT2D eigenvalue weighted by molar-refractivity contribution is 5.82. The number of hydrogen-bond acceptors (Lipinski definition) is 6. The summed E-state index contributed by atoms with van der Waals surface area (Å²) in [7, 11) is 3.05. The lowest BCUT2D eigenvalue weighted by molar-refractivity contribution is -0.122. The van der Waals surface area contributed by atoms with E-state index in [0.717, 1.165) is 6.42 Å². The van der Waals surface area contributed by atoms with Crippen molar-refractivity contribution in [2.24, 2.45) is 5.92 Å². The molecule has 1 aromatic heterocycles. The summed E-state index contributed by atoms with van der Waals surface area (Å²) in [6.45, 7) is 2.99. The number of hydrogen-bond donors (Lipinski definition) is 1. The number of aromatic nitrogens is 2. The maximum absolute atomic E-state index is 12.9. The lowest BCUT2D eigenvalue weighted by atomic mass is 9.83. The summed E-state index contributed by atoms with van der Waals surface area (Å²) in [6, 6.07) is 3.86. The first kappa shape index (κ1) is 20.7. The summed E-state index contributed by atoms with van der Waals surface area (Å²) >= 11 is 0. The Morgan fingerprint density at radius 2 is 1.90 bits per heavy atom. The first-order valence-corrected chi connectivity index (χ1v) is 10.7. The summed E-state index contributed by atoms with van der Waals surface area (Å²) in [6.07, 6.45) is 7.54. The van der Waals surface area contributed by atoms with Crippen LogP contribution in [0.3, 0.4) is 0 Å². The average molecular weight is 415 g/mol. The van der Waals surface area contributed by atoms with E-state index in [9.17, 15) is 9.59 Å². The lowest BCUT2D eigenvalue weighted by Gasteiger charge is -2.44. The van der Waals surface area contributed by atoms with Gasteiger partial charge in [0.15, 0.2) is 11.5 Å². The molecule has 0 radical (unpaired) electrons. The summed E-state index contributed by atoms with van der Waals surface area (Å²) in [5.41, 5.74) is 0.237. The monoisotopic (exact) mass is 414 g/mol. The van der Waals surface area contributed by atoms with E-state index in [1.54, 1.807) is 12.1 Å². The largest absolute Gasteiger partial charge is 0.493 e. The second-order valence-electron chi connectivity index (χ2n) is 8.21. The van der Waals surface area contributed by atoms with Crippen LogP contribution >= 0.6 is 0 Å².